The first kappa shape index (κ1) is 23.6. The fourth-order valence-electron chi connectivity index (χ4n) is 5.18. The van der Waals surface area contributed by atoms with E-state index in [1.54, 1.807) is 0 Å². The van der Waals surface area contributed by atoms with Crippen molar-refractivity contribution in [3.8, 4) is 5.75 Å². The summed E-state index contributed by atoms with van der Waals surface area (Å²) in [5.41, 5.74) is 3.96. The molecule has 1 fully saturated rings. The minimum Gasteiger partial charge on any atom is -0.487 e. The van der Waals surface area contributed by atoms with E-state index in [0.29, 0.717) is 12.1 Å². The Kier molecular flexibility index (Phi) is 7.23. The molecule has 4 atom stereocenters. The molecule has 0 aromatic heterocycles. The van der Waals surface area contributed by atoms with Crippen LogP contribution in [0.2, 0.25) is 0 Å². The van der Waals surface area contributed by atoms with Gasteiger partial charge in [0.2, 0.25) is 0 Å². The van der Waals surface area contributed by atoms with Crippen molar-refractivity contribution in [2.75, 3.05) is 6.54 Å². The van der Waals surface area contributed by atoms with Crippen LogP contribution in [0.3, 0.4) is 0 Å². The number of amides is 1. The highest BCUT2D eigenvalue weighted by atomic mass is 16.5. The second-order valence-electron chi connectivity index (χ2n) is 10.0. The van der Waals surface area contributed by atoms with E-state index >= 15 is 0 Å². The minimum atomic E-state index is -0.275. The number of allylic oxidation sites excluding steroid dienone is 2. The van der Waals surface area contributed by atoms with Crippen molar-refractivity contribution < 1.29 is 14.3 Å². The molecule has 2 aromatic rings. The van der Waals surface area contributed by atoms with Crippen LogP contribution >= 0.6 is 0 Å². The predicted molar refractivity (Wildman–Crippen MR) is 133 cm³/mol. The Morgan fingerprint density at radius 2 is 1.94 bits per heavy atom. The molecule has 33 heavy (non-hydrogen) atoms. The van der Waals surface area contributed by atoms with Gasteiger partial charge in [-0.2, -0.15) is 0 Å². The summed E-state index contributed by atoms with van der Waals surface area (Å²) in [6, 6.07) is 16.0. The van der Waals surface area contributed by atoms with Gasteiger partial charge in [0.15, 0.2) is 0 Å². The summed E-state index contributed by atoms with van der Waals surface area (Å²) in [6.07, 6.45) is 7.34. The van der Waals surface area contributed by atoms with Crippen LogP contribution in [0.25, 0.3) is 0 Å². The zero-order valence-electron chi connectivity index (χ0n) is 20.4. The molecule has 2 aliphatic heterocycles. The Morgan fingerprint density at radius 1 is 1.15 bits per heavy atom. The van der Waals surface area contributed by atoms with Crippen molar-refractivity contribution in [2.45, 2.75) is 77.6 Å². The summed E-state index contributed by atoms with van der Waals surface area (Å²) in [4.78, 5) is 12.9. The first-order chi connectivity index (χ1) is 15.9. The Balaban J connectivity index is 1.51. The highest BCUT2D eigenvalue weighted by Crippen LogP contribution is 2.52. The van der Waals surface area contributed by atoms with E-state index in [2.05, 4.69) is 51.2 Å². The van der Waals surface area contributed by atoms with Gasteiger partial charge in [-0.3, -0.25) is 4.79 Å². The maximum atomic E-state index is 12.9. The van der Waals surface area contributed by atoms with Crippen LogP contribution in [0.15, 0.2) is 60.2 Å². The smallest absolute Gasteiger partial charge is 0.251 e. The molecule has 0 unspecified atom stereocenters. The number of rotatable bonds is 7. The predicted octanol–water partition coefficient (Wildman–Crippen LogP) is 6.41. The normalized spacial score (nSPS) is 25.9. The van der Waals surface area contributed by atoms with Crippen molar-refractivity contribution in [1.29, 1.82) is 0 Å². The van der Waals surface area contributed by atoms with Crippen molar-refractivity contribution >= 4 is 5.91 Å². The molecule has 176 valence electrons. The topological polar surface area (TPSA) is 47.6 Å². The number of nitrogens with one attached hydrogen (secondary N) is 1. The maximum absolute atomic E-state index is 12.9. The van der Waals surface area contributed by atoms with Crippen LogP contribution in [0.4, 0.5) is 0 Å². The van der Waals surface area contributed by atoms with E-state index in [0.717, 1.165) is 43.4 Å². The van der Waals surface area contributed by atoms with Gasteiger partial charge in [0.05, 0.1) is 12.2 Å². The minimum absolute atomic E-state index is 0.0359. The Bertz CT molecular complexity index is 995. The van der Waals surface area contributed by atoms with Crippen LogP contribution in [0, 0.1) is 5.92 Å². The molecule has 2 heterocycles. The number of hydrogen-bond acceptors (Lipinski definition) is 3. The van der Waals surface area contributed by atoms with Crippen molar-refractivity contribution in [3.63, 3.8) is 0 Å². The lowest BCUT2D eigenvalue weighted by atomic mass is 9.72. The first-order valence-corrected chi connectivity index (χ1v) is 12.3. The molecule has 0 aliphatic carbocycles. The summed E-state index contributed by atoms with van der Waals surface area (Å²) in [5, 5.41) is 3.06. The monoisotopic (exact) mass is 447 g/mol. The van der Waals surface area contributed by atoms with Crippen LogP contribution < -0.4 is 10.1 Å². The fraction of sp³-hybridized carbons (Fsp3) is 0.483. The van der Waals surface area contributed by atoms with Gasteiger partial charge < -0.3 is 14.8 Å². The third-order valence-corrected chi connectivity index (χ3v) is 7.07. The Morgan fingerprint density at radius 3 is 2.70 bits per heavy atom. The van der Waals surface area contributed by atoms with Gasteiger partial charge in [0.25, 0.3) is 5.91 Å². The summed E-state index contributed by atoms with van der Waals surface area (Å²) in [5.74, 6) is 1.08. The molecule has 1 amide bonds. The summed E-state index contributed by atoms with van der Waals surface area (Å²) in [6.45, 7) is 9.26. The van der Waals surface area contributed by atoms with Crippen LogP contribution in [0.5, 0.6) is 5.75 Å². The second-order valence-corrected chi connectivity index (χ2v) is 10.0. The molecule has 2 aliphatic rings. The molecule has 2 aromatic carbocycles. The Hall–Kier alpha value is -2.59. The van der Waals surface area contributed by atoms with Gasteiger partial charge in [0.1, 0.15) is 11.4 Å². The molecule has 0 spiro atoms. The zero-order chi connectivity index (χ0) is 23.4. The van der Waals surface area contributed by atoms with Gasteiger partial charge >= 0.3 is 0 Å². The lowest BCUT2D eigenvalue weighted by Crippen LogP contribution is -2.50. The molecule has 0 radical (unpaired) electrons. The molecule has 1 N–H and O–H groups in total. The van der Waals surface area contributed by atoms with E-state index in [1.165, 1.54) is 11.1 Å². The molecular weight excluding hydrogens is 410 g/mol. The standard InChI is InChI=1S/C29H37NO3/c1-20(2)9-8-17-29(4)25-14-12-21(3)32-27(25)24-19-23(13-15-26(24)33-29)28(31)30-18-16-22-10-6-5-7-11-22/h5-7,9-11,13,15,19,21,25,27H,8,12,14,16-18H2,1-4H3,(H,30,31)/t21-,25-,27+,29+/m1/s1. The third kappa shape index (κ3) is 5.50. The number of fused-ring (bicyclic) bond motifs is 3. The van der Waals surface area contributed by atoms with Gasteiger partial charge in [0, 0.05) is 23.6 Å². The van der Waals surface area contributed by atoms with Gasteiger partial charge in [-0.15, -0.1) is 0 Å². The number of carbonyl (C=O) groups excluding carboxylic acids is 1. The molecule has 4 rings (SSSR count). The molecule has 0 bridgehead atoms. The van der Waals surface area contributed by atoms with Crippen molar-refractivity contribution in [2.24, 2.45) is 5.92 Å². The van der Waals surface area contributed by atoms with E-state index in [-0.39, 0.29) is 29.6 Å². The summed E-state index contributed by atoms with van der Waals surface area (Å²) in [7, 11) is 0. The molecule has 4 heteroatoms. The number of hydrogen-bond donors (Lipinski definition) is 1. The van der Waals surface area contributed by atoms with Crippen LogP contribution in [0.1, 0.15) is 81.0 Å². The molecular formula is C29H37NO3. The average Bonchev–Trinajstić information content (AvgIpc) is 2.79. The highest BCUT2D eigenvalue weighted by molar-refractivity contribution is 5.94. The quantitative estimate of drug-likeness (QED) is 0.499. The second kappa shape index (κ2) is 10.1. The third-order valence-electron chi connectivity index (χ3n) is 7.07. The number of ether oxygens (including phenoxy) is 2. The van der Waals surface area contributed by atoms with Crippen LogP contribution in [-0.2, 0) is 11.2 Å². The van der Waals surface area contributed by atoms with Gasteiger partial charge in [-0.1, -0.05) is 42.0 Å². The lowest BCUT2D eigenvalue weighted by Gasteiger charge is -2.50. The lowest BCUT2D eigenvalue weighted by molar-refractivity contribution is -0.152. The van der Waals surface area contributed by atoms with E-state index in [1.807, 2.05) is 36.4 Å². The van der Waals surface area contributed by atoms with Crippen molar-refractivity contribution in [3.05, 3.63) is 76.9 Å². The largest absolute Gasteiger partial charge is 0.487 e. The van der Waals surface area contributed by atoms with E-state index < -0.39 is 0 Å². The number of carbonyl (C=O) groups is 1. The summed E-state index contributed by atoms with van der Waals surface area (Å²) >= 11 is 0. The van der Waals surface area contributed by atoms with Gasteiger partial charge in [-0.25, -0.2) is 0 Å². The summed E-state index contributed by atoms with van der Waals surface area (Å²) < 4.78 is 13.1. The van der Waals surface area contributed by atoms with E-state index in [9.17, 15) is 4.79 Å². The Labute approximate surface area is 198 Å². The first-order valence-electron chi connectivity index (χ1n) is 12.3. The van der Waals surface area contributed by atoms with Crippen LogP contribution in [-0.4, -0.2) is 24.2 Å². The number of benzene rings is 2. The molecule has 4 nitrogen and oxygen atoms in total. The SMILES string of the molecule is CC(C)=CCC[C@]1(C)Oc2ccc(C(=O)NCCc3ccccc3)cc2[C@@H]2O[C@H](C)CC[C@H]21. The van der Waals surface area contributed by atoms with Crippen molar-refractivity contribution in [1.82, 2.24) is 5.32 Å². The molecule has 0 saturated carbocycles. The molecule has 1 saturated heterocycles. The maximum Gasteiger partial charge on any atom is 0.251 e. The average molecular weight is 448 g/mol. The zero-order valence-corrected chi connectivity index (χ0v) is 20.4. The highest BCUT2D eigenvalue weighted by Gasteiger charge is 2.49. The van der Waals surface area contributed by atoms with Gasteiger partial charge in [-0.05, 0) is 83.6 Å². The fourth-order valence-corrected chi connectivity index (χ4v) is 5.18. The van der Waals surface area contributed by atoms with E-state index in [4.69, 9.17) is 9.47 Å².